The molecule has 6 rings (SSSR count). The van der Waals surface area contributed by atoms with Crippen molar-refractivity contribution in [3.05, 3.63) is 42.4 Å². The highest BCUT2D eigenvalue weighted by atomic mass is 16.5. The summed E-state index contributed by atoms with van der Waals surface area (Å²) in [4.78, 5) is 26.7. The number of anilines is 1. The quantitative estimate of drug-likeness (QED) is 0.698. The molecular weight excluding hydrogens is 426 g/mol. The fraction of sp³-hybridized carbons (Fsp3) is 0.593. The van der Waals surface area contributed by atoms with Crippen LogP contribution in [0.4, 0.5) is 5.82 Å². The average molecular weight is 462 g/mol. The van der Waals surface area contributed by atoms with Gasteiger partial charge in [-0.25, -0.2) is 9.97 Å². The van der Waals surface area contributed by atoms with Crippen molar-refractivity contribution in [3.63, 3.8) is 0 Å². The van der Waals surface area contributed by atoms with Crippen LogP contribution in [0.1, 0.15) is 55.3 Å². The summed E-state index contributed by atoms with van der Waals surface area (Å²) in [5.74, 6) is 3.40. The second-order valence-electron chi connectivity index (χ2n) is 11.0. The minimum absolute atomic E-state index is 0.0442. The minimum Gasteiger partial charge on any atom is -0.451 e. The Labute approximate surface area is 201 Å². The van der Waals surface area contributed by atoms with Crippen molar-refractivity contribution in [3.8, 4) is 11.5 Å². The van der Waals surface area contributed by atoms with Gasteiger partial charge in [0.05, 0.1) is 11.8 Å². The molecule has 4 fully saturated rings. The van der Waals surface area contributed by atoms with E-state index in [2.05, 4.69) is 32.1 Å². The molecule has 2 unspecified atom stereocenters. The van der Waals surface area contributed by atoms with Gasteiger partial charge in [0, 0.05) is 24.5 Å². The van der Waals surface area contributed by atoms with Gasteiger partial charge in [-0.05, 0) is 69.8 Å². The number of hydrogen-bond donors (Lipinski definition) is 1. The zero-order valence-corrected chi connectivity index (χ0v) is 20.1. The summed E-state index contributed by atoms with van der Waals surface area (Å²) in [6, 6.07) is 7.82. The highest BCUT2D eigenvalue weighted by Gasteiger charge is 2.45. The summed E-state index contributed by atoms with van der Waals surface area (Å²) in [6.07, 6.45) is 12.1. The number of para-hydroxylation sites is 1. The van der Waals surface area contributed by atoms with Gasteiger partial charge in [-0.2, -0.15) is 0 Å². The van der Waals surface area contributed by atoms with E-state index >= 15 is 0 Å². The van der Waals surface area contributed by atoms with Crippen molar-refractivity contribution in [2.45, 2.75) is 51.0 Å². The molecule has 2 atom stereocenters. The number of likely N-dealkylation sites (tertiary alicyclic amines) is 1. The molecule has 1 spiro atoms. The number of nitrogens with zero attached hydrogens (tertiary/aromatic N) is 4. The molecule has 1 amide bonds. The van der Waals surface area contributed by atoms with E-state index < -0.39 is 0 Å². The molecule has 7 nitrogen and oxygen atoms in total. The summed E-state index contributed by atoms with van der Waals surface area (Å²) >= 11 is 0. The third-order valence-corrected chi connectivity index (χ3v) is 8.81. The van der Waals surface area contributed by atoms with Gasteiger partial charge in [0.1, 0.15) is 12.1 Å². The van der Waals surface area contributed by atoms with Crippen molar-refractivity contribution in [2.75, 3.05) is 38.1 Å². The molecule has 2 aromatic rings. The zero-order valence-electron chi connectivity index (χ0n) is 20.1. The van der Waals surface area contributed by atoms with E-state index in [4.69, 9.17) is 4.74 Å². The monoisotopic (exact) mass is 461 g/mol. The van der Waals surface area contributed by atoms with E-state index in [9.17, 15) is 4.79 Å². The van der Waals surface area contributed by atoms with Crippen molar-refractivity contribution in [1.29, 1.82) is 0 Å². The van der Waals surface area contributed by atoms with Crippen LogP contribution >= 0.6 is 0 Å². The van der Waals surface area contributed by atoms with Crippen LogP contribution in [-0.4, -0.2) is 60.0 Å². The van der Waals surface area contributed by atoms with Gasteiger partial charge < -0.3 is 19.9 Å². The first-order valence-corrected chi connectivity index (χ1v) is 12.9. The lowest BCUT2D eigenvalue weighted by Crippen LogP contribution is -2.60. The van der Waals surface area contributed by atoms with E-state index in [1.165, 1.54) is 38.5 Å². The van der Waals surface area contributed by atoms with Crippen molar-refractivity contribution >= 4 is 11.7 Å². The van der Waals surface area contributed by atoms with E-state index in [0.717, 1.165) is 44.3 Å². The number of amides is 1. The lowest BCUT2D eigenvalue weighted by Gasteiger charge is -2.54. The molecule has 0 bridgehead atoms. The Hall–Kier alpha value is -2.67. The molecule has 3 heterocycles. The lowest BCUT2D eigenvalue weighted by molar-refractivity contribution is 0.0660. The van der Waals surface area contributed by atoms with E-state index in [-0.39, 0.29) is 5.91 Å². The lowest BCUT2D eigenvalue weighted by atomic mass is 9.64. The van der Waals surface area contributed by atoms with Crippen LogP contribution in [0.2, 0.25) is 0 Å². The van der Waals surface area contributed by atoms with Crippen molar-refractivity contribution < 1.29 is 9.53 Å². The van der Waals surface area contributed by atoms with E-state index in [1.54, 1.807) is 12.5 Å². The Morgan fingerprint density at radius 3 is 2.59 bits per heavy atom. The predicted molar refractivity (Wildman–Crippen MR) is 131 cm³/mol. The normalized spacial score (nSPS) is 26.3. The number of ether oxygens (including phenoxy) is 1. The molecule has 2 saturated carbocycles. The number of carbonyl (C=O) groups is 1. The Balaban J connectivity index is 1.15. The van der Waals surface area contributed by atoms with Gasteiger partial charge in [0.25, 0.3) is 5.91 Å². The summed E-state index contributed by atoms with van der Waals surface area (Å²) in [5.41, 5.74) is 0.971. The molecule has 34 heavy (non-hydrogen) atoms. The van der Waals surface area contributed by atoms with Gasteiger partial charge in [0.2, 0.25) is 0 Å². The average Bonchev–Trinajstić information content (AvgIpc) is 2.79. The molecular formula is C27H35N5O2. The minimum atomic E-state index is -0.0442. The first kappa shape index (κ1) is 21.8. The number of piperidine rings is 1. The summed E-state index contributed by atoms with van der Waals surface area (Å²) in [6.45, 7) is 4.32. The Morgan fingerprint density at radius 1 is 1.09 bits per heavy atom. The number of nitrogens with one attached hydrogen (secondary N) is 1. The molecule has 4 aliphatic rings. The van der Waals surface area contributed by atoms with Crippen molar-refractivity contribution in [1.82, 2.24) is 20.2 Å². The first-order valence-electron chi connectivity index (χ1n) is 12.9. The topological polar surface area (TPSA) is 70.6 Å². The predicted octanol–water partition coefficient (Wildman–Crippen LogP) is 4.11. The standard InChI is InChI=1S/C27H35N5O2/c1-31-13-11-27(12-14-31)16-32(17-27)25-24(15-28-18-29-25)34-23-8-3-2-7-21(23)26(33)30-22-10-9-20(22)19-5-4-6-19/h2-3,7-8,15,18-20,22H,4-6,9-14,16-17H2,1H3,(H,30,33). The molecule has 1 N–H and O–H groups in total. The van der Waals surface area contributed by atoms with Crippen LogP contribution in [0.5, 0.6) is 11.5 Å². The van der Waals surface area contributed by atoms with Gasteiger partial charge in [0.15, 0.2) is 11.6 Å². The molecule has 2 saturated heterocycles. The third-order valence-electron chi connectivity index (χ3n) is 8.81. The maximum absolute atomic E-state index is 13.2. The van der Waals surface area contributed by atoms with Crippen LogP contribution < -0.4 is 15.0 Å². The number of carbonyl (C=O) groups excluding carboxylic acids is 1. The largest absolute Gasteiger partial charge is 0.451 e. The number of hydrogen-bond acceptors (Lipinski definition) is 6. The molecule has 7 heteroatoms. The Bertz CT molecular complexity index is 1040. The van der Waals surface area contributed by atoms with Crippen molar-refractivity contribution in [2.24, 2.45) is 17.3 Å². The second kappa shape index (κ2) is 8.84. The second-order valence-corrected chi connectivity index (χ2v) is 11.0. The van der Waals surface area contributed by atoms with Gasteiger partial charge in [-0.15, -0.1) is 0 Å². The molecule has 1 aromatic heterocycles. The smallest absolute Gasteiger partial charge is 0.255 e. The summed E-state index contributed by atoms with van der Waals surface area (Å²) < 4.78 is 6.32. The van der Waals surface area contributed by atoms with Gasteiger partial charge >= 0.3 is 0 Å². The first-order chi connectivity index (χ1) is 16.6. The fourth-order valence-corrected chi connectivity index (χ4v) is 6.19. The Morgan fingerprint density at radius 2 is 1.88 bits per heavy atom. The van der Waals surface area contributed by atoms with Gasteiger partial charge in [-0.3, -0.25) is 4.79 Å². The molecule has 0 radical (unpaired) electrons. The molecule has 1 aromatic carbocycles. The molecule has 2 aliphatic heterocycles. The summed E-state index contributed by atoms with van der Waals surface area (Å²) in [5, 5.41) is 3.30. The number of aromatic nitrogens is 2. The van der Waals surface area contributed by atoms with Crippen LogP contribution in [0.15, 0.2) is 36.8 Å². The highest BCUT2D eigenvalue weighted by molar-refractivity contribution is 5.97. The third kappa shape index (κ3) is 4.04. The molecule has 2 aliphatic carbocycles. The Kier molecular flexibility index (Phi) is 5.68. The zero-order chi connectivity index (χ0) is 23.1. The summed E-state index contributed by atoms with van der Waals surface area (Å²) in [7, 11) is 2.20. The maximum Gasteiger partial charge on any atom is 0.255 e. The SMILES string of the molecule is CN1CCC2(CC1)CN(c1ncncc1Oc1ccccc1C(=O)NC1CCC1C1CCC1)C2. The maximum atomic E-state index is 13.2. The number of benzene rings is 1. The highest BCUT2D eigenvalue weighted by Crippen LogP contribution is 2.45. The van der Waals surface area contributed by atoms with E-state index in [0.29, 0.717) is 34.4 Å². The van der Waals surface area contributed by atoms with Crippen LogP contribution in [0.25, 0.3) is 0 Å². The molecule has 180 valence electrons. The van der Waals surface area contributed by atoms with Crippen LogP contribution in [-0.2, 0) is 0 Å². The number of rotatable bonds is 6. The van der Waals surface area contributed by atoms with Gasteiger partial charge in [-0.1, -0.05) is 31.4 Å². The van der Waals surface area contributed by atoms with Crippen LogP contribution in [0.3, 0.4) is 0 Å². The van der Waals surface area contributed by atoms with E-state index in [1.807, 2.05) is 24.3 Å². The van der Waals surface area contributed by atoms with Crippen LogP contribution in [0, 0.1) is 17.3 Å². The fourth-order valence-electron chi connectivity index (χ4n) is 6.19.